The van der Waals surface area contributed by atoms with Crippen molar-refractivity contribution in [3.8, 4) is 0 Å². The molecule has 0 aliphatic heterocycles. The highest BCUT2D eigenvalue weighted by Crippen LogP contribution is 2.22. The first kappa shape index (κ1) is 15.0. The summed E-state index contributed by atoms with van der Waals surface area (Å²) in [5.74, 6) is 0. The maximum absolute atomic E-state index is 11.0. The van der Waals surface area contributed by atoms with Crippen molar-refractivity contribution in [2.45, 2.75) is 6.42 Å². The summed E-state index contributed by atoms with van der Waals surface area (Å²) >= 11 is 16.9. The molecule has 0 fully saturated rings. The highest BCUT2D eigenvalue weighted by atomic mass is 35.5. The third kappa shape index (κ3) is 3.60. The van der Waals surface area contributed by atoms with E-state index in [9.17, 15) is 9.59 Å². The molecule has 0 aliphatic rings. The summed E-state index contributed by atoms with van der Waals surface area (Å²) in [5, 5.41) is -0.544. The van der Waals surface area contributed by atoms with Crippen molar-refractivity contribution in [3.05, 3.63) is 69.7 Å². The molecule has 0 heterocycles. The third-order valence-electron chi connectivity index (χ3n) is 2.86. The van der Waals surface area contributed by atoms with Gasteiger partial charge in [0, 0.05) is 16.1 Å². The number of hydrogen-bond donors (Lipinski definition) is 0. The maximum Gasteiger partial charge on any atom is 0.252 e. The van der Waals surface area contributed by atoms with E-state index in [2.05, 4.69) is 0 Å². The monoisotopic (exact) mass is 326 g/mol. The second-order valence-electron chi connectivity index (χ2n) is 4.23. The van der Waals surface area contributed by atoms with Crippen molar-refractivity contribution in [2.75, 3.05) is 0 Å². The Morgan fingerprint density at radius 2 is 1.40 bits per heavy atom. The van der Waals surface area contributed by atoms with Gasteiger partial charge in [0.05, 0.1) is 0 Å². The zero-order valence-corrected chi connectivity index (χ0v) is 12.5. The topological polar surface area (TPSA) is 34.1 Å². The van der Waals surface area contributed by atoms with Gasteiger partial charge >= 0.3 is 0 Å². The van der Waals surface area contributed by atoms with Crippen molar-refractivity contribution in [1.29, 1.82) is 0 Å². The van der Waals surface area contributed by atoms with Crippen LogP contribution in [-0.4, -0.2) is 10.5 Å². The lowest BCUT2D eigenvalue weighted by molar-refractivity contribution is 0.107. The number of rotatable bonds is 4. The van der Waals surface area contributed by atoms with Gasteiger partial charge in [-0.25, -0.2) is 0 Å². The predicted octanol–water partition coefficient (Wildman–Crippen LogP) is 4.69. The Morgan fingerprint density at radius 3 is 1.90 bits per heavy atom. The Balaban J connectivity index is 2.21. The van der Waals surface area contributed by atoms with Gasteiger partial charge in [0.25, 0.3) is 10.5 Å². The van der Waals surface area contributed by atoms with E-state index >= 15 is 0 Å². The normalized spacial score (nSPS) is 10.3. The lowest BCUT2D eigenvalue weighted by Crippen LogP contribution is -1.95. The lowest BCUT2D eigenvalue weighted by Gasteiger charge is -2.06. The van der Waals surface area contributed by atoms with E-state index < -0.39 is 10.5 Å². The molecule has 0 radical (unpaired) electrons. The predicted molar refractivity (Wildman–Crippen MR) is 81.1 cm³/mol. The van der Waals surface area contributed by atoms with Gasteiger partial charge in [-0.15, -0.1) is 0 Å². The van der Waals surface area contributed by atoms with Crippen molar-refractivity contribution in [2.24, 2.45) is 0 Å². The molecule has 102 valence electrons. The minimum atomic E-state index is -0.538. The highest BCUT2D eigenvalue weighted by Gasteiger charge is 2.08. The molecule has 0 atom stereocenters. The molecule has 0 amide bonds. The van der Waals surface area contributed by atoms with Crippen molar-refractivity contribution >= 4 is 45.3 Å². The fourth-order valence-electron chi connectivity index (χ4n) is 1.79. The van der Waals surface area contributed by atoms with Crippen molar-refractivity contribution < 1.29 is 9.59 Å². The van der Waals surface area contributed by atoms with E-state index in [1.165, 1.54) is 0 Å². The Kier molecular flexibility index (Phi) is 4.81. The summed E-state index contributed by atoms with van der Waals surface area (Å²) in [6.45, 7) is 0. The summed E-state index contributed by atoms with van der Waals surface area (Å²) in [6, 6.07) is 11.9. The molecule has 5 heteroatoms. The largest absolute Gasteiger partial charge is 0.276 e. The Morgan fingerprint density at radius 1 is 0.850 bits per heavy atom. The number of hydrogen-bond acceptors (Lipinski definition) is 2. The summed E-state index contributed by atoms with van der Waals surface area (Å²) in [7, 11) is 0. The van der Waals surface area contributed by atoms with E-state index in [4.69, 9.17) is 34.8 Å². The second kappa shape index (κ2) is 6.40. The molecule has 2 nitrogen and oxygen atoms in total. The first-order valence-electron chi connectivity index (χ1n) is 5.74. The van der Waals surface area contributed by atoms with Gasteiger partial charge in [0.1, 0.15) is 0 Å². The van der Waals surface area contributed by atoms with Gasteiger partial charge in [-0.2, -0.15) is 0 Å². The number of halogens is 3. The average Bonchev–Trinajstić information content (AvgIpc) is 2.41. The fraction of sp³-hybridized carbons (Fsp3) is 0.0667. The zero-order chi connectivity index (χ0) is 14.7. The fourth-order valence-corrected chi connectivity index (χ4v) is 2.28. The second-order valence-corrected chi connectivity index (χ2v) is 5.32. The van der Waals surface area contributed by atoms with Gasteiger partial charge in [-0.3, -0.25) is 9.59 Å². The van der Waals surface area contributed by atoms with Crippen LogP contribution in [0.5, 0.6) is 0 Å². The van der Waals surface area contributed by atoms with Crippen LogP contribution in [0.25, 0.3) is 0 Å². The Hall–Kier alpha value is -1.35. The van der Waals surface area contributed by atoms with Gasteiger partial charge in [-0.05, 0) is 65.0 Å². The van der Waals surface area contributed by atoms with Gasteiger partial charge < -0.3 is 0 Å². The Bertz CT molecular complexity index is 663. The molecule has 0 N–H and O–H groups in total. The third-order valence-corrected chi connectivity index (χ3v) is 3.64. The molecule has 0 aromatic heterocycles. The van der Waals surface area contributed by atoms with Gasteiger partial charge in [0.2, 0.25) is 0 Å². The maximum atomic E-state index is 11.0. The minimum Gasteiger partial charge on any atom is -0.276 e. The molecule has 0 saturated carbocycles. The lowest BCUT2D eigenvalue weighted by atomic mass is 10.0. The molecular formula is C15H9Cl3O2. The number of carbonyl (C=O) groups is 2. The van der Waals surface area contributed by atoms with Crippen LogP contribution in [0.3, 0.4) is 0 Å². The molecule has 0 saturated heterocycles. The van der Waals surface area contributed by atoms with Crippen LogP contribution < -0.4 is 0 Å². The highest BCUT2D eigenvalue weighted by molar-refractivity contribution is 6.68. The van der Waals surface area contributed by atoms with E-state index in [-0.39, 0.29) is 0 Å². The summed E-state index contributed by atoms with van der Waals surface area (Å²) in [5.41, 5.74) is 2.67. The van der Waals surface area contributed by atoms with Crippen LogP contribution in [0.2, 0.25) is 5.02 Å². The molecular weight excluding hydrogens is 319 g/mol. The molecule has 2 aromatic rings. The Labute approximate surface area is 131 Å². The van der Waals surface area contributed by atoms with Crippen LogP contribution in [0.15, 0.2) is 42.5 Å². The zero-order valence-electron chi connectivity index (χ0n) is 10.2. The summed E-state index contributed by atoms with van der Waals surface area (Å²) < 4.78 is 0. The molecule has 0 unspecified atom stereocenters. The van der Waals surface area contributed by atoms with Crippen LogP contribution in [0, 0.1) is 0 Å². The number of carbonyl (C=O) groups excluding carboxylic acids is 2. The molecule has 2 aromatic carbocycles. The quantitative estimate of drug-likeness (QED) is 0.764. The van der Waals surface area contributed by atoms with Crippen LogP contribution in [0.1, 0.15) is 31.8 Å². The SMILES string of the molecule is O=C(Cl)c1ccc(Cc2ccc(C(=O)Cl)cc2Cl)cc1. The standard InChI is InChI=1S/C15H9Cl3O2/c16-13-8-12(15(18)20)6-5-11(13)7-9-1-3-10(4-2-9)14(17)19/h1-6,8H,7H2. The molecule has 2 rings (SSSR count). The minimum absolute atomic E-state index is 0.364. The van der Waals surface area contributed by atoms with E-state index in [1.807, 2.05) is 12.1 Å². The first-order chi connectivity index (χ1) is 9.47. The molecule has 0 bridgehead atoms. The molecule has 0 spiro atoms. The van der Waals surface area contributed by atoms with E-state index in [1.54, 1.807) is 30.3 Å². The first-order valence-corrected chi connectivity index (χ1v) is 6.88. The summed E-state index contributed by atoms with van der Waals surface area (Å²) in [4.78, 5) is 22.0. The van der Waals surface area contributed by atoms with Gasteiger partial charge in [-0.1, -0.05) is 29.8 Å². The van der Waals surface area contributed by atoms with Crippen LogP contribution >= 0.6 is 34.8 Å². The van der Waals surface area contributed by atoms with E-state index in [0.717, 1.165) is 11.1 Å². The van der Waals surface area contributed by atoms with E-state index in [0.29, 0.717) is 22.6 Å². The van der Waals surface area contributed by atoms with Crippen molar-refractivity contribution in [1.82, 2.24) is 0 Å². The van der Waals surface area contributed by atoms with Gasteiger partial charge in [0.15, 0.2) is 0 Å². The summed E-state index contributed by atoms with van der Waals surface area (Å²) in [6.07, 6.45) is 0.590. The molecule has 0 aliphatic carbocycles. The van der Waals surface area contributed by atoms with Crippen molar-refractivity contribution in [3.63, 3.8) is 0 Å². The number of benzene rings is 2. The molecule has 20 heavy (non-hydrogen) atoms. The van der Waals surface area contributed by atoms with Crippen LogP contribution in [0.4, 0.5) is 0 Å². The van der Waals surface area contributed by atoms with Crippen LogP contribution in [-0.2, 0) is 6.42 Å². The smallest absolute Gasteiger partial charge is 0.252 e. The average molecular weight is 328 g/mol.